The molecule has 0 radical (unpaired) electrons. The van der Waals surface area contributed by atoms with Crippen LogP contribution in [0.3, 0.4) is 0 Å². The van der Waals surface area contributed by atoms with E-state index in [9.17, 15) is 9.59 Å². The van der Waals surface area contributed by atoms with E-state index in [1.165, 1.54) is 10.9 Å². The number of aryl methyl sites for hydroxylation is 1. The predicted molar refractivity (Wildman–Crippen MR) is 125 cm³/mol. The standard InChI is InChI=1S/C26H26N4O2/c31-25(27-15-14-19-16-28-22-9-5-4-8-20(19)22)18-10-12-21-23(13-11-18)29-24(30-26(21)32)17-6-2-1-3-7-17/h1-9,16,18,28H,10-15H2,(H,27,31)(H,29,30,32). The highest BCUT2D eigenvalue weighted by Gasteiger charge is 2.25. The van der Waals surface area contributed by atoms with Crippen LogP contribution in [-0.4, -0.2) is 27.4 Å². The SMILES string of the molecule is O=C(NCCc1c[nH]c2ccccc12)C1CCc2nc(-c3ccccc3)[nH]c(=O)c2CC1. The molecule has 0 fully saturated rings. The number of aromatic nitrogens is 3. The lowest BCUT2D eigenvalue weighted by Crippen LogP contribution is -2.32. The molecule has 1 aliphatic carbocycles. The molecule has 0 saturated carbocycles. The molecule has 6 heteroatoms. The summed E-state index contributed by atoms with van der Waals surface area (Å²) >= 11 is 0. The number of fused-ring (bicyclic) bond motifs is 2. The first-order valence-corrected chi connectivity index (χ1v) is 11.2. The molecule has 6 nitrogen and oxygen atoms in total. The first-order chi connectivity index (χ1) is 15.7. The summed E-state index contributed by atoms with van der Waals surface area (Å²) in [6.07, 6.45) is 5.39. The van der Waals surface area contributed by atoms with E-state index in [0.717, 1.165) is 28.8 Å². The number of H-pyrrole nitrogens is 2. The molecule has 0 bridgehead atoms. The van der Waals surface area contributed by atoms with Gasteiger partial charge in [0.15, 0.2) is 0 Å². The number of aromatic amines is 2. The van der Waals surface area contributed by atoms with Crippen LogP contribution in [0.2, 0.25) is 0 Å². The highest BCUT2D eigenvalue weighted by molar-refractivity contribution is 5.83. The van der Waals surface area contributed by atoms with E-state index in [1.54, 1.807) is 0 Å². The zero-order valence-corrected chi connectivity index (χ0v) is 17.9. The van der Waals surface area contributed by atoms with Gasteiger partial charge in [-0.2, -0.15) is 0 Å². The maximum absolute atomic E-state index is 12.8. The number of nitrogens with zero attached hydrogens (tertiary/aromatic N) is 1. The van der Waals surface area contributed by atoms with Gasteiger partial charge in [0.05, 0.1) is 5.69 Å². The number of rotatable bonds is 5. The second-order valence-electron chi connectivity index (χ2n) is 8.38. The summed E-state index contributed by atoms with van der Waals surface area (Å²) in [5, 5.41) is 4.30. The lowest BCUT2D eigenvalue weighted by molar-refractivity contribution is -0.125. The Morgan fingerprint density at radius 2 is 1.81 bits per heavy atom. The number of hydrogen-bond donors (Lipinski definition) is 3. The normalized spacial score (nSPS) is 15.8. The minimum Gasteiger partial charge on any atom is -0.361 e. The van der Waals surface area contributed by atoms with E-state index in [1.807, 2.05) is 48.7 Å². The summed E-state index contributed by atoms with van der Waals surface area (Å²) in [6, 6.07) is 17.9. The molecule has 2 heterocycles. The molecule has 1 atom stereocenters. The van der Waals surface area contributed by atoms with Crippen LogP contribution in [0, 0.1) is 5.92 Å². The number of nitrogens with one attached hydrogen (secondary N) is 3. The van der Waals surface area contributed by atoms with Gasteiger partial charge in [0.2, 0.25) is 5.91 Å². The van der Waals surface area contributed by atoms with Crippen molar-refractivity contribution in [2.75, 3.05) is 6.54 Å². The molecule has 1 amide bonds. The van der Waals surface area contributed by atoms with Crippen molar-refractivity contribution < 1.29 is 4.79 Å². The molecule has 2 aromatic carbocycles. The Kier molecular flexibility index (Phi) is 5.58. The van der Waals surface area contributed by atoms with Gasteiger partial charge >= 0.3 is 0 Å². The molecule has 3 N–H and O–H groups in total. The van der Waals surface area contributed by atoms with Gasteiger partial charge in [-0.3, -0.25) is 9.59 Å². The minimum absolute atomic E-state index is 0.0670. The van der Waals surface area contributed by atoms with E-state index in [4.69, 9.17) is 4.98 Å². The van der Waals surface area contributed by atoms with Gasteiger partial charge in [0.1, 0.15) is 5.82 Å². The number of amides is 1. The Balaban J connectivity index is 1.23. The summed E-state index contributed by atoms with van der Waals surface area (Å²) < 4.78 is 0. The third-order valence-corrected chi connectivity index (χ3v) is 6.36. The Morgan fingerprint density at radius 3 is 2.69 bits per heavy atom. The molecule has 5 rings (SSSR count). The minimum atomic E-state index is -0.105. The van der Waals surface area contributed by atoms with Crippen LogP contribution < -0.4 is 10.9 Å². The van der Waals surface area contributed by atoms with Crippen molar-refractivity contribution in [1.29, 1.82) is 0 Å². The zero-order chi connectivity index (χ0) is 21.9. The summed E-state index contributed by atoms with van der Waals surface area (Å²) in [4.78, 5) is 36.5. The highest BCUT2D eigenvalue weighted by atomic mass is 16.2. The first-order valence-electron chi connectivity index (χ1n) is 11.2. The fourth-order valence-corrected chi connectivity index (χ4v) is 4.58. The molecular formula is C26H26N4O2. The van der Waals surface area contributed by atoms with Gasteiger partial charge in [-0.05, 0) is 43.7 Å². The van der Waals surface area contributed by atoms with Crippen LogP contribution in [0.4, 0.5) is 0 Å². The van der Waals surface area contributed by atoms with Crippen LogP contribution in [0.15, 0.2) is 65.6 Å². The van der Waals surface area contributed by atoms with Crippen molar-refractivity contribution in [3.63, 3.8) is 0 Å². The van der Waals surface area contributed by atoms with Crippen LogP contribution in [0.1, 0.15) is 29.7 Å². The van der Waals surface area contributed by atoms with Crippen molar-refractivity contribution >= 4 is 16.8 Å². The highest BCUT2D eigenvalue weighted by Crippen LogP contribution is 2.24. The van der Waals surface area contributed by atoms with E-state index in [0.29, 0.717) is 38.1 Å². The third kappa shape index (κ3) is 4.08. The lowest BCUT2D eigenvalue weighted by atomic mass is 9.98. The van der Waals surface area contributed by atoms with Crippen molar-refractivity contribution in [2.24, 2.45) is 5.92 Å². The summed E-state index contributed by atoms with van der Waals surface area (Å²) in [7, 11) is 0. The largest absolute Gasteiger partial charge is 0.361 e. The number of para-hydroxylation sites is 1. The van der Waals surface area contributed by atoms with E-state index < -0.39 is 0 Å². The molecule has 4 aromatic rings. The summed E-state index contributed by atoms with van der Waals surface area (Å²) in [5.41, 5.74) is 4.67. The quantitative estimate of drug-likeness (QED) is 0.424. The average molecular weight is 427 g/mol. The summed E-state index contributed by atoms with van der Waals surface area (Å²) in [6.45, 7) is 0.598. The van der Waals surface area contributed by atoms with Gasteiger partial charge in [-0.1, -0.05) is 48.5 Å². The fraction of sp³-hybridized carbons (Fsp3) is 0.269. The molecular weight excluding hydrogens is 400 g/mol. The maximum atomic E-state index is 12.8. The fourth-order valence-electron chi connectivity index (χ4n) is 4.58. The Labute approximate surface area is 186 Å². The predicted octanol–water partition coefficient (Wildman–Crippen LogP) is 3.77. The molecule has 162 valence electrons. The van der Waals surface area contributed by atoms with Crippen molar-refractivity contribution in [3.8, 4) is 11.4 Å². The van der Waals surface area contributed by atoms with Crippen LogP contribution in [0.25, 0.3) is 22.3 Å². The number of carbonyl (C=O) groups is 1. The Morgan fingerprint density at radius 1 is 1.03 bits per heavy atom. The summed E-state index contributed by atoms with van der Waals surface area (Å²) in [5.74, 6) is 0.556. The Bertz CT molecular complexity index is 1310. The first kappa shape index (κ1) is 20.2. The van der Waals surface area contributed by atoms with Gasteiger partial charge in [-0.15, -0.1) is 0 Å². The van der Waals surface area contributed by atoms with Gasteiger partial charge < -0.3 is 15.3 Å². The monoisotopic (exact) mass is 426 g/mol. The maximum Gasteiger partial charge on any atom is 0.254 e. The van der Waals surface area contributed by atoms with Crippen molar-refractivity contribution in [2.45, 2.75) is 32.1 Å². The topological polar surface area (TPSA) is 90.6 Å². The van der Waals surface area contributed by atoms with Gasteiger partial charge in [0.25, 0.3) is 5.56 Å². The second kappa shape index (κ2) is 8.83. The van der Waals surface area contributed by atoms with Crippen LogP contribution in [-0.2, 0) is 24.1 Å². The number of hydrogen-bond acceptors (Lipinski definition) is 3. The van der Waals surface area contributed by atoms with Gasteiger partial charge in [0, 0.05) is 40.7 Å². The molecule has 0 saturated heterocycles. The van der Waals surface area contributed by atoms with Crippen LogP contribution >= 0.6 is 0 Å². The molecule has 2 aromatic heterocycles. The second-order valence-corrected chi connectivity index (χ2v) is 8.38. The molecule has 1 unspecified atom stereocenters. The zero-order valence-electron chi connectivity index (χ0n) is 17.9. The van der Waals surface area contributed by atoms with Crippen molar-refractivity contribution in [1.82, 2.24) is 20.3 Å². The van der Waals surface area contributed by atoms with Crippen molar-refractivity contribution in [3.05, 3.63) is 88.0 Å². The van der Waals surface area contributed by atoms with Gasteiger partial charge in [-0.25, -0.2) is 4.98 Å². The molecule has 1 aliphatic rings. The smallest absolute Gasteiger partial charge is 0.254 e. The van der Waals surface area contributed by atoms with E-state index in [2.05, 4.69) is 27.4 Å². The molecule has 32 heavy (non-hydrogen) atoms. The number of benzene rings is 2. The lowest BCUT2D eigenvalue weighted by Gasteiger charge is -2.13. The van der Waals surface area contributed by atoms with Crippen LogP contribution in [0.5, 0.6) is 0 Å². The Hall–Kier alpha value is -3.67. The third-order valence-electron chi connectivity index (χ3n) is 6.36. The molecule has 0 aliphatic heterocycles. The number of carbonyl (C=O) groups excluding carboxylic acids is 1. The molecule has 0 spiro atoms. The van der Waals surface area contributed by atoms with E-state index >= 15 is 0 Å². The van der Waals surface area contributed by atoms with E-state index in [-0.39, 0.29) is 17.4 Å². The average Bonchev–Trinajstić information content (AvgIpc) is 3.10.